The molecule has 3 N–H and O–H groups in total. The molecule has 1 rings (SSSR count). The Bertz CT molecular complexity index is 293. The first kappa shape index (κ1) is 10.1. The molecule has 1 aromatic heterocycles. The second kappa shape index (κ2) is 4.28. The van der Waals surface area contributed by atoms with E-state index >= 15 is 0 Å². The number of nitrogen functional groups attached to an aromatic ring is 1. The van der Waals surface area contributed by atoms with Crippen LogP contribution < -0.4 is 11.1 Å². The normalized spacial score (nSPS) is 12.5. The zero-order valence-electron chi connectivity index (χ0n) is 8.00. The number of hydrogen-bond acceptors (Lipinski definition) is 4. The molecule has 1 heterocycles. The summed E-state index contributed by atoms with van der Waals surface area (Å²) in [5, 5.41) is 4.40. The van der Waals surface area contributed by atoms with Gasteiger partial charge >= 0.3 is 0 Å². The molecule has 0 aliphatic carbocycles. The Balaban J connectivity index is 2.63. The number of nitrogens with zero attached hydrogens (tertiary/aromatic N) is 1. The molecule has 72 valence electrons. The Labute approximate surface area is 82.8 Å². The predicted octanol–water partition coefficient (Wildman–Crippen LogP) is 2.41. The fourth-order valence-corrected chi connectivity index (χ4v) is 1.84. The third-order valence-corrected chi connectivity index (χ3v) is 2.75. The van der Waals surface area contributed by atoms with Gasteiger partial charge in [0, 0.05) is 11.6 Å². The van der Waals surface area contributed by atoms with E-state index in [0.29, 0.717) is 11.9 Å². The maximum absolute atomic E-state index is 5.63. The molecule has 4 heteroatoms. The zero-order valence-corrected chi connectivity index (χ0v) is 8.82. The monoisotopic (exact) mass is 197 g/mol. The van der Waals surface area contributed by atoms with Crippen molar-refractivity contribution >= 4 is 22.4 Å². The quantitative estimate of drug-likeness (QED) is 0.729. The highest BCUT2D eigenvalue weighted by molar-refractivity contribution is 7.10. The molecule has 0 spiro atoms. The largest absolute Gasteiger partial charge is 0.383 e. The zero-order chi connectivity index (χ0) is 9.84. The molecule has 0 saturated heterocycles. The Morgan fingerprint density at radius 3 is 2.92 bits per heavy atom. The van der Waals surface area contributed by atoms with E-state index in [0.717, 1.165) is 17.0 Å². The van der Waals surface area contributed by atoms with E-state index in [9.17, 15) is 0 Å². The van der Waals surface area contributed by atoms with Gasteiger partial charge < -0.3 is 11.1 Å². The van der Waals surface area contributed by atoms with Crippen molar-refractivity contribution in [2.45, 2.75) is 26.3 Å². The standard InChI is InChI=1S/C9H15N3S/c1-4-5-6(2)11-9-7(3)8(10)12-13-9/h4,6,11H,1,5H2,2-3H3,(H2,10,12). The smallest absolute Gasteiger partial charge is 0.142 e. The maximum atomic E-state index is 5.63. The fourth-order valence-electron chi connectivity index (χ4n) is 1.02. The summed E-state index contributed by atoms with van der Waals surface area (Å²) in [5.41, 5.74) is 6.67. The number of nitrogens with two attached hydrogens (primary N) is 1. The van der Waals surface area contributed by atoms with Crippen LogP contribution in [0.1, 0.15) is 18.9 Å². The second-order valence-electron chi connectivity index (χ2n) is 3.09. The van der Waals surface area contributed by atoms with E-state index in [-0.39, 0.29) is 0 Å². The van der Waals surface area contributed by atoms with Gasteiger partial charge in [-0.1, -0.05) is 6.08 Å². The number of hydrogen-bond donors (Lipinski definition) is 2. The van der Waals surface area contributed by atoms with Gasteiger partial charge in [0.25, 0.3) is 0 Å². The van der Waals surface area contributed by atoms with Crippen molar-refractivity contribution in [2.75, 3.05) is 11.1 Å². The number of aromatic nitrogens is 1. The lowest BCUT2D eigenvalue weighted by atomic mass is 10.2. The molecule has 0 radical (unpaired) electrons. The van der Waals surface area contributed by atoms with Gasteiger partial charge in [0.05, 0.1) is 0 Å². The first-order valence-electron chi connectivity index (χ1n) is 4.24. The fraction of sp³-hybridized carbons (Fsp3) is 0.444. The van der Waals surface area contributed by atoms with Crippen LogP contribution >= 0.6 is 11.5 Å². The van der Waals surface area contributed by atoms with Crippen LogP contribution in [0.3, 0.4) is 0 Å². The van der Waals surface area contributed by atoms with E-state index in [1.54, 1.807) is 0 Å². The van der Waals surface area contributed by atoms with Gasteiger partial charge in [0.2, 0.25) is 0 Å². The lowest BCUT2D eigenvalue weighted by Crippen LogP contribution is -2.13. The average Bonchev–Trinajstić information content (AvgIpc) is 2.37. The van der Waals surface area contributed by atoms with E-state index < -0.39 is 0 Å². The minimum atomic E-state index is 0.385. The Morgan fingerprint density at radius 1 is 1.77 bits per heavy atom. The van der Waals surface area contributed by atoms with Crippen molar-refractivity contribution in [1.29, 1.82) is 0 Å². The van der Waals surface area contributed by atoms with Crippen molar-refractivity contribution in [3.63, 3.8) is 0 Å². The van der Waals surface area contributed by atoms with Crippen molar-refractivity contribution in [3.05, 3.63) is 18.2 Å². The third-order valence-electron chi connectivity index (χ3n) is 1.86. The molecule has 1 atom stereocenters. The summed E-state index contributed by atoms with van der Waals surface area (Å²) < 4.78 is 4.06. The van der Waals surface area contributed by atoms with Crippen molar-refractivity contribution < 1.29 is 0 Å². The van der Waals surface area contributed by atoms with E-state index in [1.807, 2.05) is 13.0 Å². The number of nitrogens with one attached hydrogen (secondary N) is 1. The van der Waals surface area contributed by atoms with E-state index in [2.05, 4.69) is 23.2 Å². The van der Waals surface area contributed by atoms with Gasteiger partial charge in [-0.25, -0.2) is 0 Å². The van der Waals surface area contributed by atoms with Crippen LogP contribution in [0.2, 0.25) is 0 Å². The van der Waals surface area contributed by atoms with Crippen LogP contribution in [-0.4, -0.2) is 10.4 Å². The summed E-state index contributed by atoms with van der Waals surface area (Å²) in [6.45, 7) is 7.78. The minimum absolute atomic E-state index is 0.385. The molecule has 0 bridgehead atoms. The molecule has 13 heavy (non-hydrogen) atoms. The number of anilines is 2. The molecule has 0 aromatic carbocycles. The Morgan fingerprint density at radius 2 is 2.46 bits per heavy atom. The Hall–Kier alpha value is -1.03. The van der Waals surface area contributed by atoms with Crippen LogP contribution in [0.4, 0.5) is 10.8 Å². The summed E-state index contributed by atoms with van der Waals surface area (Å²) in [7, 11) is 0. The minimum Gasteiger partial charge on any atom is -0.383 e. The van der Waals surface area contributed by atoms with Crippen LogP contribution in [0.25, 0.3) is 0 Å². The molecular weight excluding hydrogens is 182 g/mol. The van der Waals surface area contributed by atoms with Gasteiger partial charge in [0.1, 0.15) is 10.8 Å². The lowest BCUT2D eigenvalue weighted by Gasteiger charge is -2.11. The highest BCUT2D eigenvalue weighted by Gasteiger charge is 2.08. The summed E-state index contributed by atoms with van der Waals surface area (Å²) >= 11 is 1.41. The molecule has 1 aromatic rings. The molecular formula is C9H15N3S. The molecule has 0 fully saturated rings. The summed E-state index contributed by atoms with van der Waals surface area (Å²) in [5.74, 6) is 0.623. The van der Waals surface area contributed by atoms with E-state index in [4.69, 9.17) is 5.73 Å². The molecule has 0 saturated carbocycles. The SMILES string of the molecule is C=CCC(C)Nc1snc(N)c1C. The topological polar surface area (TPSA) is 50.9 Å². The second-order valence-corrected chi connectivity index (χ2v) is 3.87. The highest BCUT2D eigenvalue weighted by atomic mass is 32.1. The average molecular weight is 197 g/mol. The maximum Gasteiger partial charge on any atom is 0.142 e. The third kappa shape index (κ3) is 2.45. The molecule has 3 nitrogen and oxygen atoms in total. The van der Waals surface area contributed by atoms with Crippen LogP contribution in [0.15, 0.2) is 12.7 Å². The highest BCUT2D eigenvalue weighted by Crippen LogP contribution is 2.26. The van der Waals surface area contributed by atoms with Gasteiger partial charge in [0.15, 0.2) is 0 Å². The van der Waals surface area contributed by atoms with Crippen LogP contribution in [-0.2, 0) is 0 Å². The lowest BCUT2D eigenvalue weighted by molar-refractivity contribution is 0.816. The van der Waals surface area contributed by atoms with Crippen molar-refractivity contribution in [3.8, 4) is 0 Å². The molecule has 0 aliphatic heterocycles. The van der Waals surface area contributed by atoms with Gasteiger partial charge in [-0.3, -0.25) is 0 Å². The van der Waals surface area contributed by atoms with Gasteiger partial charge in [-0.05, 0) is 31.8 Å². The van der Waals surface area contributed by atoms with Crippen LogP contribution in [0, 0.1) is 6.92 Å². The molecule has 0 amide bonds. The van der Waals surface area contributed by atoms with E-state index in [1.165, 1.54) is 11.5 Å². The molecule has 0 aliphatic rings. The van der Waals surface area contributed by atoms with Crippen molar-refractivity contribution in [1.82, 2.24) is 4.37 Å². The van der Waals surface area contributed by atoms with Gasteiger partial charge in [-0.15, -0.1) is 6.58 Å². The summed E-state index contributed by atoms with van der Waals surface area (Å²) in [4.78, 5) is 0. The summed E-state index contributed by atoms with van der Waals surface area (Å²) in [6, 6.07) is 0.385. The predicted molar refractivity (Wildman–Crippen MR) is 59.2 cm³/mol. The number of rotatable bonds is 4. The van der Waals surface area contributed by atoms with Gasteiger partial charge in [-0.2, -0.15) is 4.37 Å². The first-order chi connectivity index (χ1) is 6.15. The summed E-state index contributed by atoms with van der Waals surface area (Å²) in [6.07, 6.45) is 2.84. The Kier molecular flexibility index (Phi) is 3.31. The first-order valence-corrected chi connectivity index (χ1v) is 5.01. The molecule has 1 unspecified atom stereocenters. The van der Waals surface area contributed by atoms with Crippen molar-refractivity contribution in [2.24, 2.45) is 0 Å². The van der Waals surface area contributed by atoms with Crippen LogP contribution in [0.5, 0.6) is 0 Å².